The molecular formula is C17H12F2N2O2S. The van der Waals surface area contributed by atoms with Crippen molar-refractivity contribution < 1.29 is 13.6 Å². The number of thioether (sulfide) groups is 1. The van der Waals surface area contributed by atoms with Gasteiger partial charge in [0, 0.05) is 6.07 Å². The van der Waals surface area contributed by atoms with E-state index >= 15 is 0 Å². The number of fused-ring (bicyclic) bond motifs is 1. The fourth-order valence-corrected chi connectivity index (χ4v) is 3.06. The minimum Gasteiger partial charge on any atom is -0.299 e. The number of halogens is 2. The van der Waals surface area contributed by atoms with E-state index < -0.39 is 17.2 Å². The molecule has 0 aliphatic carbocycles. The molecule has 0 saturated heterocycles. The standard InChI is InChI=1S/C17H12F2N2O2S/c1-10(22)9-24-17-20-14-5-3-2-4-12(14)16(23)21(17)15-7-6-11(18)8-13(15)19/h2-8H,9H2,1H3. The number of hydrogen-bond acceptors (Lipinski definition) is 4. The fourth-order valence-electron chi connectivity index (χ4n) is 2.25. The van der Waals surface area contributed by atoms with Crippen molar-refractivity contribution in [3.05, 3.63) is 64.5 Å². The van der Waals surface area contributed by atoms with Crippen molar-refractivity contribution in [1.29, 1.82) is 0 Å². The number of carbonyl (C=O) groups excluding carboxylic acids is 1. The minimum atomic E-state index is -0.876. The minimum absolute atomic E-state index is 0.0909. The Labute approximate surface area is 140 Å². The van der Waals surface area contributed by atoms with Crippen LogP contribution in [-0.4, -0.2) is 21.1 Å². The number of benzene rings is 2. The van der Waals surface area contributed by atoms with Gasteiger partial charge in [-0.05, 0) is 31.2 Å². The van der Waals surface area contributed by atoms with Crippen LogP contribution in [0, 0.1) is 11.6 Å². The molecule has 3 aromatic rings. The van der Waals surface area contributed by atoms with Crippen molar-refractivity contribution in [2.45, 2.75) is 12.1 Å². The van der Waals surface area contributed by atoms with Gasteiger partial charge in [-0.3, -0.25) is 14.2 Å². The van der Waals surface area contributed by atoms with Gasteiger partial charge < -0.3 is 0 Å². The number of para-hydroxylation sites is 1. The lowest BCUT2D eigenvalue weighted by Crippen LogP contribution is -2.23. The maximum absolute atomic E-state index is 14.2. The summed E-state index contributed by atoms with van der Waals surface area (Å²) in [6.45, 7) is 1.41. The fraction of sp³-hybridized carbons (Fsp3) is 0.118. The molecule has 0 unspecified atom stereocenters. The molecule has 0 radical (unpaired) electrons. The van der Waals surface area contributed by atoms with Gasteiger partial charge in [0.2, 0.25) is 0 Å². The van der Waals surface area contributed by atoms with Crippen LogP contribution in [0.5, 0.6) is 0 Å². The zero-order valence-electron chi connectivity index (χ0n) is 12.6. The summed E-state index contributed by atoms with van der Waals surface area (Å²) in [5.74, 6) is -1.63. The van der Waals surface area contributed by atoms with Gasteiger partial charge in [-0.25, -0.2) is 13.8 Å². The number of aromatic nitrogens is 2. The van der Waals surface area contributed by atoms with Crippen LogP contribution in [0.25, 0.3) is 16.6 Å². The van der Waals surface area contributed by atoms with Crippen LogP contribution in [0.1, 0.15) is 6.92 Å². The van der Waals surface area contributed by atoms with Crippen molar-refractivity contribution in [2.75, 3.05) is 5.75 Å². The van der Waals surface area contributed by atoms with E-state index in [1.165, 1.54) is 13.0 Å². The number of nitrogens with zero attached hydrogens (tertiary/aromatic N) is 2. The van der Waals surface area contributed by atoms with Crippen LogP contribution < -0.4 is 5.56 Å². The van der Waals surface area contributed by atoms with Crippen LogP contribution in [0.3, 0.4) is 0 Å². The smallest absolute Gasteiger partial charge is 0.266 e. The Morgan fingerprint density at radius 3 is 2.67 bits per heavy atom. The topological polar surface area (TPSA) is 52.0 Å². The SMILES string of the molecule is CC(=O)CSc1nc2ccccc2c(=O)n1-c1ccc(F)cc1F. The molecule has 0 aliphatic rings. The second-order valence-electron chi connectivity index (χ2n) is 5.14. The Bertz CT molecular complexity index is 1000. The van der Waals surface area contributed by atoms with Gasteiger partial charge in [-0.2, -0.15) is 0 Å². The van der Waals surface area contributed by atoms with Gasteiger partial charge in [0.1, 0.15) is 17.4 Å². The van der Waals surface area contributed by atoms with E-state index in [4.69, 9.17) is 0 Å². The number of ketones is 1. The van der Waals surface area contributed by atoms with Gasteiger partial charge in [-0.15, -0.1) is 0 Å². The molecular weight excluding hydrogens is 334 g/mol. The van der Waals surface area contributed by atoms with E-state index in [1.54, 1.807) is 24.3 Å². The number of hydrogen-bond donors (Lipinski definition) is 0. The van der Waals surface area contributed by atoms with Crippen LogP contribution in [0.4, 0.5) is 8.78 Å². The number of carbonyl (C=O) groups is 1. The second kappa shape index (κ2) is 6.52. The molecule has 0 bridgehead atoms. The molecule has 0 N–H and O–H groups in total. The van der Waals surface area contributed by atoms with Gasteiger partial charge in [0.25, 0.3) is 5.56 Å². The highest BCUT2D eigenvalue weighted by molar-refractivity contribution is 7.99. The first kappa shape index (κ1) is 16.3. The molecule has 122 valence electrons. The first-order valence-corrected chi connectivity index (χ1v) is 8.05. The van der Waals surface area contributed by atoms with E-state index in [9.17, 15) is 18.4 Å². The molecule has 0 fully saturated rings. The van der Waals surface area contributed by atoms with Crippen molar-refractivity contribution in [1.82, 2.24) is 9.55 Å². The lowest BCUT2D eigenvalue weighted by Gasteiger charge is -2.13. The van der Waals surface area contributed by atoms with Crippen LogP contribution in [0.2, 0.25) is 0 Å². The number of rotatable bonds is 4. The Balaban J connectivity index is 2.30. The summed E-state index contributed by atoms with van der Waals surface area (Å²) < 4.78 is 28.4. The third-order valence-electron chi connectivity index (χ3n) is 3.30. The van der Waals surface area contributed by atoms with Crippen LogP contribution >= 0.6 is 11.8 Å². The average molecular weight is 346 g/mol. The van der Waals surface area contributed by atoms with Crippen LogP contribution in [-0.2, 0) is 4.79 Å². The summed E-state index contributed by atoms with van der Waals surface area (Å²) in [5, 5.41) is 0.493. The molecule has 0 aliphatic heterocycles. The summed E-state index contributed by atoms with van der Waals surface area (Å²) in [5.41, 5.74) is -0.129. The summed E-state index contributed by atoms with van der Waals surface area (Å²) >= 11 is 1.03. The summed E-state index contributed by atoms with van der Waals surface area (Å²) in [6, 6.07) is 9.62. The summed E-state index contributed by atoms with van der Waals surface area (Å²) in [7, 11) is 0. The molecule has 1 aromatic heterocycles. The Morgan fingerprint density at radius 1 is 1.21 bits per heavy atom. The highest BCUT2D eigenvalue weighted by Gasteiger charge is 2.17. The first-order valence-electron chi connectivity index (χ1n) is 7.07. The monoisotopic (exact) mass is 346 g/mol. The third-order valence-corrected chi connectivity index (χ3v) is 4.38. The van der Waals surface area contributed by atoms with Gasteiger partial charge >= 0.3 is 0 Å². The molecule has 0 atom stereocenters. The Kier molecular flexibility index (Phi) is 4.44. The first-order chi connectivity index (χ1) is 11.5. The molecule has 2 aromatic carbocycles. The van der Waals surface area contributed by atoms with Crippen molar-refractivity contribution >= 4 is 28.4 Å². The normalized spacial score (nSPS) is 11.0. The summed E-state index contributed by atoms with van der Waals surface area (Å²) in [4.78, 5) is 28.4. The summed E-state index contributed by atoms with van der Waals surface area (Å²) in [6.07, 6.45) is 0. The molecule has 1 heterocycles. The molecule has 3 rings (SSSR count). The largest absolute Gasteiger partial charge is 0.299 e. The van der Waals surface area contributed by atoms with E-state index in [0.717, 1.165) is 22.4 Å². The Hall–Kier alpha value is -2.54. The van der Waals surface area contributed by atoms with E-state index in [1.807, 2.05) is 0 Å². The van der Waals surface area contributed by atoms with Crippen molar-refractivity contribution in [3.8, 4) is 5.69 Å². The van der Waals surface area contributed by atoms with E-state index in [-0.39, 0.29) is 22.4 Å². The number of Topliss-reactive ketones (excluding diaryl/α,β-unsaturated/α-hetero) is 1. The quantitative estimate of drug-likeness (QED) is 0.537. The molecule has 0 amide bonds. The Morgan fingerprint density at radius 2 is 1.96 bits per heavy atom. The maximum Gasteiger partial charge on any atom is 0.266 e. The van der Waals surface area contributed by atoms with E-state index in [2.05, 4.69) is 4.98 Å². The molecule has 0 saturated carbocycles. The third kappa shape index (κ3) is 3.07. The van der Waals surface area contributed by atoms with Crippen LogP contribution in [0.15, 0.2) is 52.4 Å². The molecule has 24 heavy (non-hydrogen) atoms. The van der Waals surface area contributed by atoms with Crippen molar-refractivity contribution in [2.24, 2.45) is 0 Å². The lowest BCUT2D eigenvalue weighted by atomic mass is 10.2. The molecule has 4 nitrogen and oxygen atoms in total. The van der Waals surface area contributed by atoms with E-state index in [0.29, 0.717) is 17.0 Å². The maximum atomic E-state index is 14.2. The van der Waals surface area contributed by atoms with Gasteiger partial charge in [-0.1, -0.05) is 23.9 Å². The predicted molar refractivity (Wildman–Crippen MR) is 88.7 cm³/mol. The van der Waals surface area contributed by atoms with Gasteiger partial charge in [0.05, 0.1) is 22.3 Å². The highest BCUT2D eigenvalue weighted by atomic mass is 32.2. The van der Waals surface area contributed by atoms with Crippen molar-refractivity contribution in [3.63, 3.8) is 0 Å². The molecule has 0 spiro atoms. The predicted octanol–water partition coefficient (Wildman–Crippen LogP) is 3.35. The lowest BCUT2D eigenvalue weighted by molar-refractivity contribution is -0.114. The van der Waals surface area contributed by atoms with Gasteiger partial charge in [0.15, 0.2) is 5.16 Å². The zero-order chi connectivity index (χ0) is 17.3. The average Bonchev–Trinajstić information content (AvgIpc) is 2.54. The second-order valence-corrected chi connectivity index (χ2v) is 6.08. The highest BCUT2D eigenvalue weighted by Crippen LogP contribution is 2.23. The zero-order valence-corrected chi connectivity index (χ0v) is 13.4. The molecule has 7 heteroatoms.